The van der Waals surface area contributed by atoms with Crippen molar-refractivity contribution < 1.29 is 12.6 Å². The zero-order chi connectivity index (χ0) is 17.5. The van der Waals surface area contributed by atoms with E-state index in [1.54, 1.807) is 25.3 Å². The van der Waals surface area contributed by atoms with E-state index in [-0.39, 0.29) is 4.90 Å². The molecule has 1 aliphatic rings. The highest BCUT2D eigenvalue weighted by atomic mass is 32.2. The molecule has 0 aliphatic carbocycles. The normalized spacial score (nSPS) is 19.8. The molecular weight excluding hydrogens is 344 g/mol. The van der Waals surface area contributed by atoms with E-state index >= 15 is 0 Å². The molecule has 0 aromatic heterocycles. The third kappa shape index (κ3) is 2.87. The fourth-order valence-corrected chi connectivity index (χ4v) is 5.58. The maximum absolute atomic E-state index is 12.5. The van der Waals surface area contributed by atoms with E-state index in [4.69, 9.17) is 0 Å². The standard InChI is InChI=1S/C17H20N2O3S2/c1-4-18-24(21,22)13-8-9-14(12(2)10-13)15-6-5-7-17-16(15)11-19-23(17,3)20/h5-10,18H,4,11H2,1-3H3. The molecule has 24 heavy (non-hydrogen) atoms. The molecule has 1 unspecified atom stereocenters. The minimum atomic E-state index is -3.48. The summed E-state index contributed by atoms with van der Waals surface area (Å²) in [6, 6.07) is 10.8. The van der Waals surface area contributed by atoms with Gasteiger partial charge in [0.2, 0.25) is 10.0 Å². The predicted octanol–water partition coefficient (Wildman–Crippen LogP) is 2.93. The fraction of sp³-hybridized carbons (Fsp3) is 0.294. The van der Waals surface area contributed by atoms with Crippen LogP contribution in [0.3, 0.4) is 0 Å². The second-order valence-corrected chi connectivity index (χ2v) is 9.92. The minimum Gasteiger partial charge on any atom is -0.245 e. The van der Waals surface area contributed by atoms with Crippen LogP contribution in [0, 0.1) is 6.92 Å². The van der Waals surface area contributed by atoms with Gasteiger partial charge < -0.3 is 0 Å². The summed E-state index contributed by atoms with van der Waals surface area (Å²) < 4.78 is 43.5. The molecule has 0 amide bonds. The zero-order valence-corrected chi connectivity index (χ0v) is 15.5. The first kappa shape index (κ1) is 17.1. The lowest BCUT2D eigenvalue weighted by Crippen LogP contribution is -2.23. The van der Waals surface area contributed by atoms with Crippen LogP contribution in [-0.2, 0) is 26.3 Å². The maximum Gasteiger partial charge on any atom is 0.240 e. The first-order valence-corrected chi connectivity index (χ1v) is 11.1. The van der Waals surface area contributed by atoms with Crippen molar-refractivity contribution in [3.8, 4) is 11.1 Å². The Morgan fingerprint density at radius 1 is 1.21 bits per heavy atom. The Balaban J connectivity index is 2.11. The van der Waals surface area contributed by atoms with Crippen LogP contribution in [0.25, 0.3) is 11.1 Å². The molecule has 7 heteroatoms. The van der Waals surface area contributed by atoms with Gasteiger partial charge in [0.25, 0.3) is 0 Å². The van der Waals surface area contributed by atoms with Crippen LogP contribution in [0.5, 0.6) is 0 Å². The van der Waals surface area contributed by atoms with Crippen molar-refractivity contribution in [3.63, 3.8) is 0 Å². The summed E-state index contributed by atoms with van der Waals surface area (Å²) >= 11 is 0. The van der Waals surface area contributed by atoms with Gasteiger partial charge in [-0.1, -0.05) is 25.1 Å². The molecule has 1 atom stereocenters. The number of aryl methyl sites for hydroxylation is 1. The van der Waals surface area contributed by atoms with Crippen molar-refractivity contribution in [1.82, 2.24) is 4.72 Å². The number of hydrogen-bond acceptors (Lipinski definition) is 4. The van der Waals surface area contributed by atoms with E-state index in [1.165, 1.54) is 0 Å². The Bertz CT molecular complexity index is 1030. The van der Waals surface area contributed by atoms with Crippen molar-refractivity contribution >= 4 is 19.8 Å². The molecular formula is C17H20N2O3S2. The molecule has 0 radical (unpaired) electrons. The van der Waals surface area contributed by atoms with Gasteiger partial charge in [0.15, 0.2) is 0 Å². The lowest BCUT2D eigenvalue weighted by molar-refractivity contribution is 0.584. The second kappa shape index (κ2) is 5.98. The summed E-state index contributed by atoms with van der Waals surface area (Å²) in [6.07, 6.45) is 1.65. The summed E-state index contributed by atoms with van der Waals surface area (Å²) in [5.74, 6) is 0. The number of fused-ring (bicyclic) bond motifs is 1. The van der Waals surface area contributed by atoms with Crippen LogP contribution < -0.4 is 4.72 Å². The SMILES string of the molecule is CCNS(=O)(=O)c1ccc(-c2cccc3c2CN=S3(C)=O)c(C)c1. The van der Waals surface area contributed by atoms with Gasteiger partial charge in [-0.15, -0.1) is 0 Å². The van der Waals surface area contributed by atoms with Crippen LogP contribution >= 0.6 is 0 Å². The van der Waals surface area contributed by atoms with Crippen molar-refractivity contribution in [2.75, 3.05) is 12.8 Å². The Kier molecular flexibility index (Phi) is 4.27. The highest BCUT2D eigenvalue weighted by molar-refractivity contribution is 7.93. The summed E-state index contributed by atoms with van der Waals surface area (Å²) in [7, 11) is -5.79. The summed E-state index contributed by atoms with van der Waals surface area (Å²) in [5, 5.41) is 0. The van der Waals surface area contributed by atoms with Crippen LogP contribution in [0.2, 0.25) is 0 Å². The van der Waals surface area contributed by atoms with Gasteiger partial charge in [-0.3, -0.25) is 0 Å². The topological polar surface area (TPSA) is 75.6 Å². The first-order chi connectivity index (χ1) is 11.3. The average molecular weight is 364 g/mol. The lowest BCUT2D eigenvalue weighted by atomic mass is 9.96. The van der Waals surface area contributed by atoms with Gasteiger partial charge in [0, 0.05) is 12.8 Å². The first-order valence-electron chi connectivity index (χ1n) is 7.67. The monoisotopic (exact) mass is 364 g/mol. The number of sulfonamides is 1. The quantitative estimate of drug-likeness (QED) is 0.906. The average Bonchev–Trinajstić information content (AvgIpc) is 2.83. The van der Waals surface area contributed by atoms with E-state index in [0.29, 0.717) is 13.1 Å². The molecule has 0 spiro atoms. The summed E-state index contributed by atoms with van der Waals surface area (Å²) in [4.78, 5) is 1.03. The molecule has 128 valence electrons. The van der Waals surface area contributed by atoms with E-state index in [0.717, 1.165) is 27.1 Å². The third-order valence-corrected chi connectivity index (χ3v) is 7.51. The van der Waals surface area contributed by atoms with Gasteiger partial charge in [0.05, 0.1) is 26.1 Å². The molecule has 3 rings (SSSR count). The van der Waals surface area contributed by atoms with E-state index in [9.17, 15) is 12.6 Å². The van der Waals surface area contributed by atoms with Crippen molar-refractivity contribution in [2.45, 2.75) is 30.2 Å². The Morgan fingerprint density at radius 3 is 2.62 bits per heavy atom. The van der Waals surface area contributed by atoms with Crippen LogP contribution in [0.15, 0.2) is 50.6 Å². The summed E-state index contributed by atoms with van der Waals surface area (Å²) in [5.41, 5.74) is 3.73. The largest absolute Gasteiger partial charge is 0.245 e. The Morgan fingerprint density at radius 2 is 1.96 bits per heavy atom. The van der Waals surface area contributed by atoms with E-state index in [2.05, 4.69) is 9.08 Å². The van der Waals surface area contributed by atoms with Gasteiger partial charge in [-0.2, -0.15) is 0 Å². The van der Waals surface area contributed by atoms with Gasteiger partial charge in [-0.05, 0) is 47.4 Å². The molecule has 1 aliphatic heterocycles. The number of rotatable bonds is 4. The Labute approximate surface area is 143 Å². The van der Waals surface area contributed by atoms with Crippen molar-refractivity contribution in [1.29, 1.82) is 0 Å². The van der Waals surface area contributed by atoms with E-state index < -0.39 is 19.8 Å². The van der Waals surface area contributed by atoms with Crippen molar-refractivity contribution in [3.05, 3.63) is 47.5 Å². The highest BCUT2D eigenvalue weighted by Gasteiger charge is 2.22. The molecule has 2 aromatic rings. The molecule has 0 bridgehead atoms. The van der Waals surface area contributed by atoms with Gasteiger partial charge >= 0.3 is 0 Å². The van der Waals surface area contributed by atoms with Crippen LogP contribution in [0.1, 0.15) is 18.1 Å². The Hall–Kier alpha value is -1.70. The molecule has 2 aromatic carbocycles. The third-order valence-electron chi connectivity index (χ3n) is 4.14. The fourth-order valence-electron chi connectivity index (χ4n) is 2.97. The predicted molar refractivity (Wildman–Crippen MR) is 95.9 cm³/mol. The van der Waals surface area contributed by atoms with Crippen LogP contribution in [-0.4, -0.2) is 25.4 Å². The molecule has 5 nitrogen and oxygen atoms in total. The number of nitrogens with one attached hydrogen (secondary N) is 1. The second-order valence-electron chi connectivity index (χ2n) is 5.85. The maximum atomic E-state index is 12.5. The molecule has 1 N–H and O–H groups in total. The minimum absolute atomic E-state index is 0.252. The molecule has 1 heterocycles. The number of benzene rings is 2. The molecule has 0 fully saturated rings. The smallest absolute Gasteiger partial charge is 0.240 e. The van der Waals surface area contributed by atoms with Gasteiger partial charge in [0.1, 0.15) is 0 Å². The number of nitrogens with zero attached hydrogens (tertiary/aromatic N) is 1. The molecule has 0 saturated heterocycles. The zero-order valence-electron chi connectivity index (χ0n) is 13.9. The molecule has 0 saturated carbocycles. The summed E-state index contributed by atoms with van der Waals surface area (Å²) in [6.45, 7) is 4.41. The van der Waals surface area contributed by atoms with Crippen molar-refractivity contribution in [2.24, 2.45) is 4.36 Å². The highest BCUT2D eigenvalue weighted by Crippen LogP contribution is 2.36. The van der Waals surface area contributed by atoms with E-state index in [1.807, 2.05) is 31.2 Å². The number of hydrogen-bond donors (Lipinski definition) is 1. The van der Waals surface area contributed by atoms with Crippen LogP contribution in [0.4, 0.5) is 0 Å². The van der Waals surface area contributed by atoms with Gasteiger partial charge in [-0.25, -0.2) is 21.7 Å². The lowest BCUT2D eigenvalue weighted by Gasteiger charge is -2.13.